The van der Waals surface area contributed by atoms with Crippen LogP contribution in [0, 0.1) is 0 Å². The summed E-state index contributed by atoms with van der Waals surface area (Å²) in [5.74, 6) is 1.69. The Morgan fingerprint density at radius 2 is 1.23 bits per heavy atom. The maximum atomic E-state index is 6.06. The highest BCUT2D eigenvalue weighted by molar-refractivity contribution is 5.86. The highest BCUT2D eigenvalue weighted by atomic mass is 16.5. The van der Waals surface area contributed by atoms with Crippen molar-refractivity contribution in [3.05, 3.63) is 97.2 Å². The van der Waals surface area contributed by atoms with Crippen LogP contribution in [-0.2, 0) is 0 Å². The van der Waals surface area contributed by atoms with Crippen molar-refractivity contribution in [3.8, 4) is 22.8 Å². The molecule has 0 N–H and O–H groups in total. The van der Waals surface area contributed by atoms with Gasteiger partial charge in [0.05, 0.1) is 29.0 Å². The molecule has 1 aromatic heterocycles. The van der Waals surface area contributed by atoms with Crippen LogP contribution in [0.4, 0.5) is 17.1 Å². The normalized spacial score (nSPS) is 12.1. The number of nitrogens with zero attached hydrogens (tertiary/aromatic N) is 2. The van der Waals surface area contributed by atoms with Crippen molar-refractivity contribution in [1.29, 1.82) is 0 Å². The number of rotatable bonds is 2. The molecule has 3 nitrogen and oxygen atoms in total. The Balaban J connectivity index is 1.62. The number of hydrogen-bond donors (Lipinski definition) is 0. The number of para-hydroxylation sites is 4. The highest BCUT2D eigenvalue weighted by Crippen LogP contribution is 2.49. The molecule has 0 saturated carbocycles. The lowest BCUT2D eigenvalue weighted by atomic mass is 10.1. The first kappa shape index (κ1) is 14.7. The van der Waals surface area contributed by atoms with Gasteiger partial charge in [0.25, 0.3) is 0 Å². The number of ether oxygens (including phenoxy) is 1. The van der Waals surface area contributed by atoms with E-state index in [0.29, 0.717) is 0 Å². The van der Waals surface area contributed by atoms with Crippen LogP contribution in [0.5, 0.6) is 11.5 Å². The van der Waals surface area contributed by atoms with E-state index in [-0.39, 0.29) is 0 Å². The standard InChI is InChI=1S/C23H16N2O/c1-2-8-17(9-3-1)19-15-14-18(16-24-19)25-20-10-4-6-12-22(20)26-23-13-7-5-11-21(23)25/h1-16H. The SMILES string of the molecule is c1ccc(-c2ccc(N3c4ccccc4Oc4ccccc43)cn2)cc1. The fraction of sp³-hybridized carbons (Fsp3) is 0. The van der Waals surface area contributed by atoms with Crippen molar-refractivity contribution in [3.63, 3.8) is 0 Å². The van der Waals surface area contributed by atoms with E-state index in [0.717, 1.165) is 39.8 Å². The maximum Gasteiger partial charge on any atom is 0.151 e. The van der Waals surface area contributed by atoms with Crippen molar-refractivity contribution in [2.24, 2.45) is 0 Å². The zero-order chi connectivity index (χ0) is 17.3. The van der Waals surface area contributed by atoms with E-state index in [1.807, 2.05) is 60.8 Å². The molecule has 0 amide bonds. The third kappa shape index (κ3) is 2.42. The van der Waals surface area contributed by atoms with Gasteiger partial charge in [-0.15, -0.1) is 0 Å². The minimum atomic E-state index is 0.846. The Kier molecular flexibility index (Phi) is 3.42. The summed E-state index contributed by atoms with van der Waals surface area (Å²) < 4.78 is 6.06. The Labute approximate surface area is 152 Å². The number of anilines is 3. The van der Waals surface area contributed by atoms with Crippen LogP contribution in [0.3, 0.4) is 0 Å². The molecular weight excluding hydrogens is 320 g/mol. The van der Waals surface area contributed by atoms with Crippen LogP contribution in [0.2, 0.25) is 0 Å². The predicted molar refractivity (Wildman–Crippen MR) is 104 cm³/mol. The molecule has 3 heteroatoms. The van der Waals surface area contributed by atoms with Gasteiger partial charge in [-0.1, -0.05) is 54.6 Å². The number of fused-ring (bicyclic) bond motifs is 2. The molecule has 0 spiro atoms. The van der Waals surface area contributed by atoms with Crippen molar-refractivity contribution in [2.45, 2.75) is 0 Å². The fourth-order valence-electron chi connectivity index (χ4n) is 3.28. The first-order valence-electron chi connectivity index (χ1n) is 8.58. The lowest BCUT2D eigenvalue weighted by Crippen LogP contribution is -2.15. The Morgan fingerprint density at radius 1 is 0.615 bits per heavy atom. The predicted octanol–water partition coefficient (Wildman–Crippen LogP) is 6.32. The van der Waals surface area contributed by atoms with Gasteiger partial charge in [0.2, 0.25) is 0 Å². The largest absolute Gasteiger partial charge is 0.453 e. The number of hydrogen-bond acceptors (Lipinski definition) is 3. The zero-order valence-electron chi connectivity index (χ0n) is 14.0. The molecule has 5 rings (SSSR count). The van der Waals surface area contributed by atoms with E-state index in [2.05, 4.69) is 46.3 Å². The summed E-state index contributed by atoms with van der Waals surface area (Å²) in [5.41, 5.74) is 5.11. The second kappa shape index (κ2) is 6.05. The molecule has 1 aliphatic rings. The molecular formula is C23H16N2O. The van der Waals surface area contributed by atoms with Gasteiger partial charge in [0, 0.05) is 5.56 Å². The van der Waals surface area contributed by atoms with Gasteiger partial charge >= 0.3 is 0 Å². The summed E-state index contributed by atoms with van der Waals surface area (Å²) in [6.07, 6.45) is 1.92. The van der Waals surface area contributed by atoms with E-state index < -0.39 is 0 Å². The Hall–Kier alpha value is -3.59. The number of benzene rings is 3. The molecule has 124 valence electrons. The molecule has 0 bridgehead atoms. The molecule has 1 aliphatic heterocycles. The molecule has 0 unspecified atom stereocenters. The van der Waals surface area contributed by atoms with E-state index >= 15 is 0 Å². The van der Waals surface area contributed by atoms with Gasteiger partial charge in [-0.05, 0) is 36.4 Å². The summed E-state index contributed by atoms with van der Waals surface area (Å²) in [4.78, 5) is 6.88. The zero-order valence-corrected chi connectivity index (χ0v) is 14.0. The Morgan fingerprint density at radius 3 is 1.85 bits per heavy atom. The third-order valence-corrected chi connectivity index (χ3v) is 4.51. The van der Waals surface area contributed by atoms with Gasteiger partial charge in [-0.2, -0.15) is 0 Å². The van der Waals surface area contributed by atoms with Gasteiger partial charge in [-0.3, -0.25) is 4.98 Å². The minimum absolute atomic E-state index is 0.846. The van der Waals surface area contributed by atoms with Crippen molar-refractivity contribution < 1.29 is 4.74 Å². The van der Waals surface area contributed by atoms with E-state index in [1.54, 1.807) is 0 Å². The highest BCUT2D eigenvalue weighted by Gasteiger charge is 2.25. The molecule has 0 saturated heterocycles. The summed E-state index contributed by atoms with van der Waals surface area (Å²) >= 11 is 0. The molecule has 0 fully saturated rings. The van der Waals surface area contributed by atoms with Gasteiger partial charge < -0.3 is 9.64 Å². The van der Waals surface area contributed by atoms with Crippen LogP contribution in [-0.4, -0.2) is 4.98 Å². The lowest BCUT2D eigenvalue weighted by Gasteiger charge is -2.32. The van der Waals surface area contributed by atoms with E-state index in [9.17, 15) is 0 Å². The monoisotopic (exact) mass is 336 g/mol. The number of aromatic nitrogens is 1. The van der Waals surface area contributed by atoms with Crippen LogP contribution in [0.1, 0.15) is 0 Å². The second-order valence-corrected chi connectivity index (χ2v) is 6.14. The summed E-state index contributed by atoms with van der Waals surface area (Å²) in [6.45, 7) is 0. The van der Waals surface area contributed by atoms with Crippen molar-refractivity contribution >= 4 is 17.1 Å². The quantitative estimate of drug-likeness (QED) is 0.377. The minimum Gasteiger partial charge on any atom is -0.453 e. The van der Waals surface area contributed by atoms with Crippen LogP contribution >= 0.6 is 0 Å². The van der Waals surface area contributed by atoms with Crippen molar-refractivity contribution in [1.82, 2.24) is 4.98 Å². The topological polar surface area (TPSA) is 25.4 Å². The Bertz CT molecular complexity index is 1010. The summed E-state index contributed by atoms with van der Waals surface area (Å²) in [7, 11) is 0. The molecule has 0 aliphatic carbocycles. The van der Waals surface area contributed by atoms with E-state index in [4.69, 9.17) is 4.74 Å². The third-order valence-electron chi connectivity index (χ3n) is 4.51. The van der Waals surface area contributed by atoms with Crippen LogP contribution < -0.4 is 9.64 Å². The van der Waals surface area contributed by atoms with Gasteiger partial charge in [-0.25, -0.2) is 0 Å². The van der Waals surface area contributed by atoms with Crippen molar-refractivity contribution in [2.75, 3.05) is 4.90 Å². The van der Waals surface area contributed by atoms with E-state index in [1.165, 1.54) is 0 Å². The first-order chi connectivity index (χ1) is 12.9. The fourth-order valence-corrected chi connectivity index (χ4v) is 3.28. The van der Waals surface area contributed by atoms with Gasteiger partial charge in [0.15, 0.2) is 11.5 Å². The number of pyridine rings is 1. The molecule has 26 heavy (non-hydrogen) atoms. The molecule has 2 heterocycles. The average molecular weight is 336 g/mol. The second-order valence-electron chi connectivity index (χ2n) is 6.14. The maximum absolute atomic E-state index is 6.06. The first-order valence-corrected chi connectivity index (χ1v) is 8.58. The van der Waals surface area contributed by atoms with Gasteiger partial charge in [0.1, 0.15) is 0 Å². The molecule has 4 aromatic rings. The van der Waals surface area contributed by atoms with Crippen LogP contribution in [0.25, 0.3) is 11.3 Å². The summed E-state index contributed by atoms with van der Waals surface area (Å²) in [6, 6.07) is 30.5. The van der Waals surface area contributed by atoms with Crippen LogP contribution in [0.15, 0.2) is 97.2 Å². The molecule has 0 atom stereocenters. The molecule has 3 aromatic carbocycles. The smallest absolute Gasteiger partial charge is 0.151 e. The lowest BCUT2D eigenvalue weighted by molar-refractivity contribution is 0.477. The molecule has 0 radical (unpaired) electrons. The average Bonchev–Trinajstić information content (AvgIpc) is 2.73. The summed E-state index contributed by atoms with van der Waals surface area (Å²) in [5, 5.41) is 0.